The van der Waals surface area contributed by atoms with Crippen LogP contribution in [0.3, 0.4) is 0 Å². The Balaban J connectivity index is 1.37. The Morgan fingerprint density at radius 3 is 2.56 bits per heavy atom. The monoisotopic (exact) mass is 466 g/mol. The van der Waals surface area contributed by atoms with Gasteiger partial charge in [0.05, 0.1) is 43.9 Å². The number of nitrogens with zero attached hydrogens (tertiary/aromatic N) is 2. The SMILES string of the molecule is COc1ccc(-c2coc3c4c(ccc3c2=O)OCN(CCCN2CCOCC2)C4)cc1OC. The van der Waals surface area contributed by atoms with Crippen molar-refractivity contribution < 1.29 is 23.4 Å². The molecule has 5 rings (SSSR count). The van der Waals surface area contributed by atoms with E-state index >= 15 is 0 Å². The minimum atomic E-state index is -0.0827. The zero-order chi connectivity index (χ0) is 23.5. The van der Waals surface area contributed by atoms with Crippen LogP contribution in [-0.4, -0.2) is 70.1 Å². The van der Waals surface area contributed by atoms with Gasteiger partial charge in [0.1, 0.15) is 24.3 Å². The van der Waals surface area contributed by atoms with Crippen molar-refractivity contribution in [3.05, 3.63) is 52.4 Å². The Morgan fingerprint density at radius 1 is 0.971 bits per heavy atom. The molecule has 0 atom stereocenters. The molecule has 1 aromatic heterocycles. The average molecular weight is 467 g/mol. The van der Waals surface area contributed by atoms with Crippen molar-refractivity contribution >= 4 is 11.0 Å². The highest BCUT2D eigenvalue weighted by atomic mass is 16.5. The van der Waals surface area contributed by atoms with Crippen molar-refractivity contribution in [2.75, 3.05) is 60.3 Å². The fourth-order valence-corrected chi connectivity index (χ4v) is 4.64. The molecule has 2 aromatic carbocycles. The summed E-state index contributed by atoms with van der Waals surface area (Å²) in [5.41, 5.74) is 2.62. The zero-order valence-electron chi connectivity index (χ0n) is 19.7. The molecule has 0 spiro atoms. The van der Waals surface area contributed by atoms with E-state index in [0.717, 1.165) is 57.1 Å². The summed E-state index contributed by atoms with van der Waals surface area (Å²) in [5.74, 6) is 1.95. The molecule has 1 saturated heterocycles. The van der Waals surface area contributed by atoms with Crippen LogP contribution < -0.4 is 19.6 Å². The third-order valence-electron chi connectivity index (χ3n) is 6.53. The van der Waals surface area contributed by atoms with Crippen LogP contribution in [0.1, 0.15) is 12.0 Å². The van der Waals surface area contributed by atoms with E-state index in [-0.39, 0.29) is 5.43 Å². The van der Waals surface area contributed by atoms with Crippen LogP contribution >= 0.6 is 0 Å². The maximum Gasteiger partial charge on any atom is 0.200 e. The summed E-state index contributed by atoms with van der Waals surface area (Å²) in [6, 6.07) is 9.06. The summed E-state index contributed by atoms with van der Waals surface area (Å²) < 4.78 is 28.2. The standard InChI is InChI=1S/C26H30N2O6/c1-30-23-6-4-18(14-24(23)31-2)21-16-33-26-19(25(21)29)5-7-22-20(26)15-28(17-34-22)9-3-8-27-10-12-32-13-11-27/h4-7,14,16H,3,8-13,15,17H2,1-2H3. The quantitative estimate of drug-likeness (QED) is 0.525. The second-order valence-electron chi connectivity index (χ2n) is 8.60. The van der Waals surface area contributed by atoms with E-state index in [2.05, 4.69) is 9.80 Å². The van der Waals surface area contributed by atoms with Crippen molar-refractivity contribution in [2.24, 2.45) is 0 Å². The molecular formula is C26H30N2O6. The Hall–Kier alpha value is -3.07. The van der Waals surface area contributed by atoms with E-state index in [1.807, 2.05) is 12.1 Å². The number of hydrogen-bond donors (Lipinski definition) is 0. The summed E-state index contributed by atoms with van der Waals surface area (Å²) in [5, 5.41) is 0.546. The third kappa shape index (κ3) is 4.49. The molecule has 180 valence electrons. The molecule has 1 fully saturated rings. The number of hydrogen-bond acceptors (Lipinski definition) is 8. The van der Waals surface area contributed by atoms with Crippen LogP contribution in [-0.2, 0) is 11.3 Å². The molecule has 8 heteroatoms. The largest absolute Gasteiger partial charge is 0.493 e. The van der Waals surface area contributed by atoms with Crippen molar-refractivity contribution in [1.29, 1.82) is 0 Å². The maximum atomic E-state index is 13.4. The molecule has 0 bridgehead atoms. The minimum absolute atomic E-state index is 0.0827. The van der Waals surface area contributed by atoms with Crippen molar-refractivity contribution in [1.82, 2.24) is 9.80 Å². The smallest absolute Gasteiger partial charge is 0.200 e. The van der Waals surface area contributed by atoms with Gasteiger partial charge in [0.2, 0.25) is 5.43 Å². The van der Waals surface area contributed by atoms with Gasteiger partial charge in [-0.1, -0.05) is 6.07 Å². The van der Waals surface area contributed by atoms with Crippen LogP contribution in [0, 0.1) is 0 Å². The molecule has 3 aromatic rings. The van der Waals surface area contributed by atoms with Gasteiger partial charge in [-0.2, -0.15) is 0 Å². The Kier molecular flexibility index (Phi) is 6.71. The first-order valence-corrected chi connectivity index (χ1v) is 11.6. The maximum absolute atomic E-state index is 13.4. The predicted molar refractivity (Wildman–Crippen MR) is 129 cm³/mol. The molecule has 0 N–H and O–H groups in total. The molecular weight excluding hydrogens is 436 g/mol. The van der Waals surface area contributed by atoms with Crippen LogP contribution in [0.5, 0.6) is 17.2 Å². The van der Waals surface area contributed by atoms with Crippen LogP contribution in [0.15, 0.2) is 45.8 Å². The molecule has 8 nitrogen and oxygen atoms in total. The van der Waals surface area contributed by atoms with Crippen LogP contribution in [0.2, 0.25) is 0 Å². The minimum Gasteiger partial charge on any atom is -0.493 e. The van der Waals surface area contributed by atoms with Gasteiger partial charge in [0.15, 0.2) is 11.5 Å². The van der Waals surface area contributed by atoms with Crippen LogP contribution in [0.4, 0.5) is 0 Å². The molecule has 3 heterocycles. The molecule has 0 saturated carbocycles. The molecule has 34 heavy (non-hydrogen) atoms. The van der Waals surface area contributed by atoms with E-state index in [1.54, 1.807) is 32.4 Å². The average Bonchev–Trinajstić information content (AvgIpc) is 2.89. The molecule has 2 aliphatic heterocycles. The number of ether oxygens (including phenoxy) is 4. The topological polar surface area (TPSA) is 73.6 Å². The van der Waals surface area contributed by atoms with Gasteiger partial charge in [-0.05, 0) is 42.8 Å². The van der Waals surface area contributed by atoms with Crippen molar-refractivity contribution in [3.63, 3.8) is 0 Å². The highest BCUT2D eigenvalue weighted by molar-refractivity contribution is 5.86. The lowest BCUT2D eigenvalue weighted by molar-refractivity contribution is 0.0330. The van der Waals surface area contributed by atoms with Crippen molar-refractivity contribution in [3.8, 4) is 28.4 Å². The lowest BCUT2D eigenvalue weighted by atomic mass is 10.0. The Morgan fingerprint density at radius 2 is 1.76 bits per heavy atom. The number of benzene rings is 2. The zero-order valence-corrected chi connectivity index (χ0v) is 19.7. The van der Waals surface area contributed by atoms with Gasteiger partial charge in [0.25, 0.3) is 0 Å². The molecule has 0 aliphatic carbocycles. The first-order chi connectivity index (χ1) is 16.7. The fourth-order valence-electron chi connectivity index (χ4n) is 4.64. The lowest BCUT2D eigenvalue weighted by Gasteiger charge is -2.31. The van der Waals surface area contributed by atoms with Gasteiger partial charge in [0, 0.05) is 26.2 Å². The Labute approximate surface area is 198 Å². The summed E-state index contributed by atoms with van der Waals surface area (Å²) in [7, 11) is 3.16. The summed E-state index contributed by atoms with van der Waals surface area (Å²) >= 11 is 0. The second kappa shape index (κ2) is 10.0. The van der Waals surface area contributed by atoms with Gasteiger partial charge >= 0.3 is 0 Å². The summed E-state index contributed by atoms with van der Waals surface area (Å²) in [6.07, 6.45) is 2.58. The lowest BCUT2D eigenvalue weighted by Crippen LogP contribution is -2.39. The van der Waals surface area contributed by atoms with Gasteiger partial charge < -0.3 is 23.4 Å². The first kappa shape index (κ1) is 22.7. The van der Waals surface area contributed by atoms with Gasteiger partial charge in [-0.25, -0.2) is 0 Å². The van der Waals surface area contributed by atoms with E-state index in [9.17, 15) is 4.79 Å². The van der Waals surface area contributed by atoms with E-state index in [1.165, 1.54) is 6.26 Å². The number of fused-ring (bicyclic) bond motifs is 3. The molecule has 2 aliphatic rings. The van der Waals surface area contributed by atoms with E-state index < -0.39 is 0 Å². The van der Waals surface area contributed by atoms with Crippen LogP contribution in [0.25, 0.3) is 22.1 Å². The molecule has 0 unspecified atom stereocenters. The summed E-state index contributed by atoms with van der Waals surface area (Å²) in [6.45, 7) is 6.82. The highest BCUT2D eigenvalue weighted by Gasteiger charge is 2.23. The normalized spacial score (nSPS) is 16.8. The molecule has 0 radical (unpaired) electrons. The predicted octanol–water partition coefficient (Wildman–Crippen LogP) is 3.35. The van der Waals surface area contributed by atoms with Gasteiger partial charge in [-0.15, -0.1) is 0 Å². The number of methoxy groups -OCH3 is 2. The van der Waals surface area contributed by atoms with E-state index in [4.69, 9.17) is 23.4 Å². The molecule has 0 amide bonds. The summed E-state index contributed by atoms with van der Waals surface area (Å²) in [4.78, 5) is 18.1. The van der Waals surface area contributed by atoms with Crippen molar-refractivity contribution in [2.45, 2.75) is 13.0 Å². The Bertz CT molecular complexity index is 1220. The van der Waals surface area contributed by atoms with E-state index in [0.29, 0.717) is 46.9 Å². The number of morpholine rings is 1. The highest BCUT2D eigenvalue weighted by Crippen LogP contribution is 2.34. The van der Waals surface area contributed by atoms with Gasteiger partial charge in [-0.3, -0.25) is 14.6 Å². The second-order valence-corrected chi connectivity index (χ2v) is 8.60. The first-order valence-electron chi connectivity index (χ1n) is 11.6. The third-order valence-corrected chi connectivity index (χ3v) is 6.53. The fraction of sp³-hybridized carbons (Fsp3) is 0.423. The number of rotatable bonds is 7.